The summed E-state index contributed by atoms with van der Waals surface area (Å²) in [4.78, 5) is 64.1. The first-order valence-corrected chi connectivity index (χ1v) is 18.3. The number of carbonyl (C=O) groups is 5. The molecule has 0 fully saturated rings. The molecule has 5 amide bonds. The molecule has 19 nitrogen and oxygen atoms in total. The summed E-state index contributed by atoms with van der Waals surface area (Å²) in [7, 11) is 0. The zero-order chi connectivity index (χ0) is 42.4. The fourth-order valence-electron chi connectivity index (χ4n) is 5.22. The van der Waals surface area contributed by atoms with Crippen LogP contribution in [-0.4, -0.2) is 145 Å². The van der Waals surface area contributed by atoms with Crippen molar-refractivity contribution in [1.82, 2.24) is 61.1 Å². The van der Waals surface area contributed by atoms with Gasteiger partial charge in [-0.3, -0.25) is 34.0 Å². The Hall–Kier alpha value is -6.25. The van der Waals surface area contributed by atoms with Gasteiger partial charge >= 0.3 is 0 Å². The number of nitrogens with one attached hydrogen (secondary N) is 4. The van der Waals surface area contributed by atoms with Crippen molar-refractivity contribution in [2.45, 2.75) is 77.3 Å². The van der Waals surface area contributed by atoms with E-state index in [0.29, 0.717) is 38.8 Å². The quantitative estimate of drug-likeness (QED) is 0.0562. The van der Waals surface area contributed by atoms with Gasteiger partial charge in [0.1, 0.15) is 0 Å². The Bertz CT molecular complexity index is 1820. The molecule has 0 aliphatic heterocycles. The standard InChI is InChI=1S/C38H52N12O7/c1-9-31(51)39-17-22-47(23-18-40-32(52)10-2)35(55)29-27-49(45-43-29)21-15-38(8,14-6)57-26-16-37(7,13-5)50-28-30(44-46-50)36(56)48(24-19-41-33(53)11-3)25-20-42-34(54)12-4/h1-4,27-28,33,41,53H,13-26H2,5-8H3,(H,39,51)(H,40,52)(H,42,54). The minimum Gasteiger partial charge on any atom is -0.375 e. The summed E-state index contributed by atoms with van der Waals surface area (Å²) in [6.07, 6.45) is 24.8. The largest absolute Gasteiger partial charge is 0.375 e. The van der Waals surface area contributed by atoms with Crippen molar-refractivity contribution in [3.05, 3.63) is 23.8 Å². The number of hydrogen-bond donors (Lipinski definition) is 5. The minimum atomic E-state index is -1.18. The molecule has 19 heteroatoms. The Balaban J connectivity index is 2.05. The maximum absolute atomic E-state index is 13.5. The van der Waals surface area contributed by atoms with Gasteiger partial charge in [0, 0.05) is 65.5 Å². The number of rotatable bonds is 25. The first-order chi connectivity index (χ1) is 27.2. The van der Waals surface area contributed by atoms with E-state index in [0.717, 1.165) is 0 Å². The number of hydrogen-bond acceptors (Lipinski definition) is 12. The van der Waals surface area contributed by atoms with Crippen LogP contribution in [0, 0.1) is 49.4 Å². The maximum atomic E-state index is 13.5. The molecule has 2 aromatic heterocycles. The van der Waals surface area contributed by atoms with Crippen molar-refractivity contribution in [3.8, 4) is 49.4 Å². The van der Waals surface area contributed by atoms with Crippen LogP contribution in [0.15, 0.2) is 12.4 Å². The lowest BCUT2D eigenvalue weighted by molar-refractivity contribution is -0.116. The smallest absolute Gasteiger partial charge is 0.295 e. The summed E-state index contributed by atoms with van der Waals surface area (Å²) >= 11 is 0. The molecule has 0 aliphatic rings. The number of ether oxygens (including phenoxy) is 1. The summed E-state index contributed by atoms with van der Waals surface area (Å²) in [5, 5.41) is 36.5. The third kappa shape index (κ3) is 15.4. The molecule has 2 aromatic rings. The lowest BCUT2D eigenvalue weighted by Gasteiger charge is -2.33. The number of aromatic nitrogens is 6. The molecule has 0 radical (unpaired) electrons. The molecule has 3 atom stereocenters. The van der Waals surface area contributed by atoms with Crippen molar-refractivity contribution in [3.63, 3.8) is 0 Å². The van der Waals surface area contributed by atoms with Crippen LogP contribution >= 0.6 is 0 Å². The molecule has 5 N–H and O–H groups in total. The van der Waals surface area contributed by atoms with E-state index < -0.39 is 46.9 Å². The molecular formula is C38H52N12O7. The van der Waals surface area contributed by atoms with E-state index in [9.17, 15) is 29.1 Å². The summed E-state index contributed by atoms with van der Waals surface area (Å²) < 4.78 is 9.63. The molecule has 306 valence electrons. The first kappa shape index (κ1) is 46.9. The van der Waals surface area contributed by atoms with Crippen molar-refractivity contribution in [1.29, 1.82) is 0 Å². The summed E-state index contributed by atoms with van der Waals surface area (Å²) in [5.74, 6) is 5.24. The third-order valence-corrected chi connectivity index (χ3v) is 9.34. The first-order valence-electron chi connectivity index (χ1n) is 18.3. The monoisotopic (exact) mass is 788 g/mol. The molecule has 0 aromatic carbocycles. The van der Waals surface area contributed by atoms with Gasteiger partial charge in [0.05, 0.1) is 23.5 Å². The Morgan fingerprint density at radius 2 is 1.26 bits per heavy atom. The average molecular weight is 789 g/mol. The van der Waals surface area contributed by atoms with E-state index in [1.165, 1.54) is 16.0 Å². The normalized spacial score (nSPS) is 13.2. The second kappa shape index (κ2) is 23.6. The van der Waals surface area contributed by atoms with Crippen LogP contribution in [0.2, 0.25) is 0 Å². The predicted octanol–water partition coefficient (Wildman–Crippen LogP) is -1.67. The molecule has 0 spiro atoms. The fraction of sp³-hybridized carbons (Fsp3) is 0.553. The minimum absolute atomic E-state index is 0.0724. The topological polar surface area (TPSA) is 231 Å². The van der Waals surface area contributed by atoms with Crippen LogP contribution in [0.4, 0.5) is 0 Å². The van der Waals surface area contributed by atoms with Crippen molar-refractivity contribution in [2.24, 2.45) is 0 Å². The van der Waals surface area contributed by atoms with Crippen molar-refractivity contribution >= 4 is 29.5 Å². The highest BCUT2D eigenvalue weighted by Crippen LogP contribution is 2.27. The average Bonchev–Trinajstić information content (AvgIpc) is 3.92. The summed E-state index contributed by atoms with van der Waals surface area (Å²) in [6, 6.07) is 0. The molecule has 0 bridgehead atoms. The Morgan fingerprint density at radius 1 is 0.772 bits per heavy atom. The van der Waals surface area contributed by atoms with E-state index in [1.54, 1.807) is 15.6 Å². The van der Waals surface area contributed by atoms with Gasteiger partial charge in [-0.25, -0.2) is 4.68 Å². The van der Waals surface area contributed by atoms with E-state index in [1.807, 2.05) is 45.5 Å². The van der Waals surface area contributed by atoms with E-state index in [2.05, 4.69) is 47.8 Å². The van der Waals surface area contributed by atoms with Crippen LogP contribution in [0.5, 0.6) is 0 Å². The van der Waals surface area contributed by atoms with Gasteiger partial charge in [0.2, 0.25) is 0 Å². The molecule has 0 saturated carbocycles. The van der Waals surface area contributed by atoms with E-state index in [-0.39, 0.29) is 63.7 Å². The SMILES string of the molecule is C#CC(=O)NCCN(CCNC(=O)C#C)C(=O)c1cn(CCC(C)(CC)OCCC(C)(CC)n2cc(C(=O)N(CCNC(=O)C#C)CCNC(O)C#C)nn2)nn1. The number of aryl methyl sites for hydroxylation is 1. The highest BCUT2D eigenvalue weighted by atomic mass is 16.5. The second-order valence-electron chi connectivity index (χ2n) is 13.2. The van der Waals surface area contributed by atoms with Gasteiger partial charge in [-0.1, -0.05) is 30.2 Å². The number of aliphatic hydroxyl groups excluding tert-OH is 1. The predicted molar refractivity (Wildman–Crippen MR) is 208 cm³/mol. The lowest BCUT2D eigenvalue weighted by atomic mass is 9.94. The number of carbonyl (C=O) groups excluding carboxylic acids is 5. The van der Waals surface area contributed by atoms with Crippen LogP contribution in [0.1, 0.15) is 74.4 Å². The molecule has 3 unspecified atom stereocenters. The van der Waals surface area contributed by atoms with Crippen LogP contribution in [0.3, 0.4) is 0 Å². The van der Waals surface area contributed by atoms with Gasteiger partial charge < -0.3 is 35.6 Å². The molecule has 2 heterocycles. The fourth-order valence-corrected chi connectivity index (χ4v) is 5.22. The Labute approximate surface area is 333 Å². The molecule has 57 heavy (non-hydrogen) atoms. The van der Waals surface area contributed by atoms with Crippen LogP contribution in [0.25, 0.3) is 0 Å². The van der Waals surface area contributed by atoms with Crippen molar-refractivity contribution in [2.75, 3.05) is 59.0 Å². The summed E-state index contributed by atoms with van der Waals surface area (Å²) in [5.41, 5.74) is -0.968. The van der Waals surface area contributed by atoms with Gasteiger partial charge in [-0.2, -0.15) is 0 Å². The molecular weight excluding hydrogens is 736 g/mol. The van der Waals surface area contributed by atoms with Crippen LogP contribution < -0.4 is 21.3 Å². The van der Waals surface area contributed by atoms with Crippen molar-refractivity contribution < 1.29 is 33.8 Å². The zero-order valence-electron chi connectivity index (χ0n) is 32.9. The number of amides is 5. The maximum Gasteiger partial charge on any atom is 0.295 e. The van der Waals surface area contributed by atoms with Gasteiger partial charge in [-0.05, 0) is 57.3 Å². The molecule has 0 aliphatic carbocycles. The van der Waals surface area contributed by atoms with Crippen LogP contribution in [-0.2, 0) is 31.2 Å². The van der Waals surface area contributed by atoms with Gasteiger partial charge in [0.25, 0.3) is 29.5 Å². The lowest BCUT2D eigenvalue weighted by Crippen LogP contribution is -2.43. The summed E-state index contributed by atoms with van der Waals surface area (Å²) in [6.45, 7) is 9.63. The number of terminal acetylenes is 4. The van der Waals surface area contributed by atoms with Gasteiger partial charge in [-0.15, -0.1) is 35.9 Å². The third-order valence-electron chi connectivity index (χ3n) is 9.34. The molecule has 2 rings (SSSR count). The highest BCUT2D eigenvalue weighted by Gasteiger charge is 2.31. The van der Waals surface area contributed by atoms with E-state index in [4.69, 9.17) is 30.4 Å². The van der Waals surface area contributed by atoms with Gasteiger partial charge in [0.15, 0.2) is 17.6 Å². The Kier molecular flexibility index (Phi) is 19.4. The Morgan fingerprint density at radius 3 is 1.74 bits per heavy atom. The number of nitrogens with zero attached hydrogens (tertiary/aromatic N) is 8. The zero-order valence-corrected chi connectivity index (χ0v) is 32.9. The molecule has 0 saturated heterocycles. The number of aliphatic hydroxyl groups is 1. The second-order valence-corrected chi connectivity index (χ2v) is 13.2. The highest BCUT2D eigenvalue weighted by molar-refractivity contribution is 5.94. The van der Waals surface area contributed by atoms with E-state index >= 15 is 0 Å².